The van der Waals surface area contributed by atoms with Crippen LogP contribution in [0.3, 0.4) is 0 Å². The van der Waals surface area contributed by atoms with E-state index in [9.17, 15) is 46.9 Å². The van der Waals surface area contributed by atoms with Crippen molar-refractivity contribution in [2.75, 3.05) is 0 Å². The number of carboxylic acid groups (broad SMARTS) is 1. The van der Waals surface area contributed by atoms with E-state index in [2.05, 4.69) is 0 Å². The minimum atomic E-state index is -12.0. The van der Waals surface area contributed by atoms with Gasteiger partial charge in [0.1, 0.15) is 5.97 Å². The van der Waals surface area contributed by atoms with Gasteiger partial charge in [0.25, 0.3) is 0 Å². The molecule has 94 valence electrons. The fourth-order valence-corrected chi connectivity index (χ4v) is 0.929. The summed E-state index contributed by atoms with van der Waals surface area (Å²) < 4.78 is 104. The van der Waals surface area contributed by atoms with Crippen LogP contribution in [0.1, 0.15) is 0 Å². The lowest BCUT2D eigenvalue weighted by Gasteiger charge is -2.48. The quantitative estimate of drug-likeness (QED) is 0.739. The molecule has 0 aliphatic rings. The van der Waals surface area contributed by atoms with Gasteiger partial charge in [-0.05, 0) is 0 Å². The van der Waals surface area contributed by atoms with Gasteiger partial charge in [0, 0.05) is 0 Å². The van der Waals surface area contributed by atoms with Crippen molar-refractivity contribution < 1.29 is 46.9 Å². The molecule has 0 heterocycles. The normalized spacial score (nSPS) is 19.3. The molecule has 0 aliphatic carbocycles. The van der Waals surface area contributed by atoms with E-state index in [1.54, 1.807) is 0 Å². The Bertz CT molecular complexity index is 299. The molecule has 0 aromatic carbocycles. The highest BCUT2D eigenvalue weighted by Crippen LogP contribution is 3.05. The van der Waals surface area contributed by atoms with Crippen LogP contribution in [-0.4, -0.2) is 17.1 Å². The Hall–Kier alpha value is -0.810. The number of carboxylic acids is 1. The van der Waals surface area contributed by atoms with Crippen LogP contribution in [0.2, 0.25) is 0 Å². The van der Waals surface area contributed by atoms with Gasteiger partial charge >= 0.3 is 21.4 Å². The molecular formula is C3F9O2S-. The summed E-state index contributed by atoms with van der Waals surface area (Å²) in [7, 11) is -12.0. The number of aliphatic carboxylic acids is 1. The molecule has 0 aliphatic heterocycles. The lowest BCUT2D eigenvalue weighted by Crippen LogP contribution is -2.58. The molecule has 0 rings (SSSR count). The topological polar surface area (TPSA) is 40.1 Å². The first-order valence-corrected chi connectivity index (χ1v) is 4.59. The van der Waals surface area contributed by atoms with Crippen LogP contribution in [0.25, 0.3) is 0 Å². The van der Waals surface area contributed by atoms with Gasteiger partial charge in [0.05, 0.1) is 0 Å². The number of hydrogen-bond acceptors (Lipinski definition) is 2. The molecular weight excluding hydrogens is 271 g/mol. The molecule has 0 saturated carbocycles. The summed E-state index contributed by atoms with van der Waals surface area (Å²) in [5.74, 6) is -11.3. The maximum Gasteiger partial charge on any atom is 0.449 e. The average molecular weight is 271 g/mol. The Kier molecular flexibility index (Phi) is 2.18. The van der Waals surface area contributed by atoms with E-state index < -0.39 is 27.4 Å². The molecule has 12 heteroatoms. The number of carbonyl (C=O) groups excluding carboxylic acids is 1. The van der Waals surface area contributed by atoms with Crippen LogP contribution in [0.4, 0.5) is 37.0 Å². The summed E-state index contributed by atoms with van der Waals surface area (Å²) in [4.78, 5) is 9.24. The van der Waals surface area contributed by atoms with E-state index in [1.165, 1.54) is 0 Å². The third-order valence-electron chi connectivity index (χ3n) is 1.11. The SMILES string of the molecule is O=C([O-])C(F)(F)C(F)(F)S(F)(F)(F)(F)F. The van der Waals surface area contributed by atoms with Gasteiger partial charge in [-0.25, -0.2) is 0 Å². The Morgan fingerprint density at radius 1 is 0.933 bits per heavy atom. The number of halogens is 9. The van der Waals surface area contributed by atoms with E-state index in [1.807, 2.05) is 0 Å². The molecule has 15 heavy (non-hydrogen) atoms. The lowest BCUT2D eigenvalue weighted by molar-refractivity contribution is -0.343. The molecule has 0 fully saturated rings. The molecule has 0 aromatic rings. The largest absolute Gasteiger partial charge is 0.544 e. The molecule has 0 spiro atoms. The summed E-state index contributed by atoms with van der Waals surface area (Å²) in [6, 6.07) is 0. The average Bonchev–Trinajstić information content (AvgIpc) is 1.80. The van der Waals surface area contributed by atoms with Crippen LogP contribution >= 0.6 is 10.2 Å². The third kappa shape index (κ3) is 1.94. The Labute approximate surface area is 75.4 Å². The van der Waals surface area contributed by atoms with Crippen molar-refractivity contribution >= 4 is 16.2 Å². The van der Waals surface area contributed by atoms with Crippen LogP contribution in [0.15, 0.2) is 0 Å². The van der Waals surface area contributed by atoms with Crippen LogP contribution in [0.5, 0.6) is 0 Å². The highest BCUT2D eigenvalue weighted by atomic mass is 32.5. The molecule has 0 amide bonds. The van der Waals surface area contributed by atoms with Crippen LogP contribution in [0, 0.1) is 0 Å². The smallest absolute Gasteiger partial charge is 0.449 e. The summed E-state index contributed by atoms with van der Waals surface area (Å²) in [6.07, 6.45) is 0. The molecule has 0 unspecified atom stereocenters. The number of alkyl halides is 4. The van der Waals surface area contributed by atoms with Crippen molar-refractivity contribution in [3.05, 3.63) is 0 Å². The zero-order valence-corrected chi connectivity index (χ0v) is 6.94. The Morgan fingerprint density at radius 2 is 1.20 bits per heavy atom. The van der Waals surface area contributed by atoms with Crippen LogP contribution in [-0.2, 0) is 4.79 Å². The summed E-state index contributed by atoms with van der Waals surface area (Å²) in [6.45, 7) is 0. The van der Waals surface area contributed by atoms with E-state index in [-0.39, 0.29) is 0 Å². The van der Waals surface area contributed by atoms with Gasteiger partial charge in [0.2, 0.25) is 0 Å². The first kappa shape index (κ1) is 14.2. The zero-order valence-electron chi connectivity index (χ0n) is 6.13. The van der Waals surface area contributed by atoms with Crippen LogP contribution < -0.4 is 5.11 Å². The molecule has 0 saturated heterocycles. The maximum atomic E-state index is 11.7. The van der Waals surface area contributed by atoms with Crippen molar-refractivity contribution in [3.63, 3.8) is 0 Å². The van der Waals surface area contributed by atoms with Crippen molar-refractivity contribution in [1.29, 1.82) is 0 Å². The van der Waals surface area contributed by atoms with Crippen molar-refractivity contribution in [2.24, 2.45) is 0 Å². The Morgan fingerprint density at radius 3 is 1.27 bits per heavy atom. The lowest BCUT2D eigenvalue weighted by atomic mass is 10.3. The first-order chi connectivity index (χ1) is 5.94. The standard InChI is InChI=1S/C3HF9O2S/c4-2(5,1(13)14)3(6,7)15(8,9,10,11)12/h(H,13,14)/p-1. The minimum absolute atomic E-state index is 4.25. The molecule has 0 radical (unpaired) electrons. The second-order valence-corrected chi connectivity index (χ2v) is 4.80. The van der Waals surface area contributed by atoms with Crippen molar-refractivity contribution in [3.8, 4) is 0 Å². The van der Waals surface area contributed by atoms with Gasteiger partial charge in [-0.3, -0.25) is 0 Å². The molecule has 0 N–H and O–H groups in total. The summed E-state index contributed by atoms with van der Waals surface area (Å²) in [5, 5.41) is 1.26. The summed E-state index contributed by atoms with van der Waals surface area (Å²) >= 11 is 0. The van der Waals surface area contributed by atoms with Crippen molar-refractivity contribution in [1.82, 2.24) is 0 Å². The predicted octanol–water partition coefficient (Wildman–Crippen LogP) is 2.26. The fraction of sp³-hybridized carbons (Fsp3) is 0.667. The highest BCUT2D eigenvalue weighted by molar-refractivity contribution is 8.46. The van der Waals surface area contributed by atoms with Gasteiger partial charge in [-0.1, -0.05) is 19.4 Å². The predicted molar refractivity (Wildman–Crippen MR) is 28.0 cm³/mol. The van der Waals surface area contributed by atoms with Gasteiger partial charge in [0.15, 0.2) is 0 Å². The molecule has 0 aromatic heterocycles. The van der Waals surface area contributed by atoms with E-state index in [0.29, 0.717) is 0 Å². The van der Waals surface area contributed by atoms with E-state index in [4.69, 9.17) is 0 Å². The van der Waals surface area contributed by atoms with Crippen molar-refractivity contribution in [2.45, 2.75) is 11.2 Å². The van der Waals surface area contributed by atoms with Gasteiger partial charge in [-0.15, -0.1) is 0 Å². The zero-order chi connectivity index (χ0) is 13.0. The number of carbonyl (C=O) groups is 1. The van der Waals surface area contributed by atoms with Gasteiger partial charge in [-0.2, -0.15) is 17.6 Å². The molecule has 2 nitrogen and oxygen atoms in total. The second kappa shape index (κ2) is 2.30. The molecule has 0 atom stereocenters. The third-order valence-corrected chi connectivity index (χ3v) is 2.33. The number of rotatable bonds is 3. The minimum Gasteiger partial charge on any atom is -0.544 e. The second-order valence-electron chi connectivity index (χ2n) is 2.35. The molecule has 0 bridgehead atoms. The highest BCUT2D eigenvalue weighted by Gasteiger charge is 2.91. The summed E-state index contributed by atoms with van der Waals surface area (Å²) in [5.41, 5.74) is 0. The Balaban J connectivity index is 5.88. The number of hydrogen-bond donors (Lipinski definition) is 0. The maximum absolute atomic E-state index is 12.0. The first-order valence-electron chi connectivity index (χ1n) is 2.64. The van der Waals surface area contributed by atoms with E-state index in [0.717, 1.165) is 0 Å². The fourth-order valence-electron chi connectivity index (χ4n) is 0.361. The van der Waals surface area contributed by atoms with E-state index >= 15 is 0 Å². The van der Waals surface area contributed by atoms with Gasteiger partial charge < -0.3 is 9.90 Å². The monoisotopic (exact) mass is 271 g/mol.